The van der Waals surface area contributed by atoms with Gasteiger partial charge in [-0.25, -0.2) is 10.2 Å². The van der Waals surface area contributed by atoms with Crippen molar-refractivity contribution in [3.05, 3.63) is 48.6 Å². The molecule has 27 heavy (non-hydrogen) atoms. The number of aliphatic carboxylic acids is 1. The lowest BCUT2D eigenvalue weighted by molar-refractivity contribution is -0.147. The van der Waals surface area contributed by atoms with Crippen LogP contribution in [0.2, 0.25) is 0 Å². The van der Waals surface area contributed by atoms with Gasteiger partial charge in [0.05, 0.1) is 0 Å². The number of carbonyl (C=O) groups is 3. The van der Waals surface area contributed by atoms with E-state index in [0.717, 1.165) is 23.4 Å². The molecule has 1 aromatic carbocycles. The molecule has 2 atom stereocenters. The molecule has 0 radical (unpaired) electrons. The summed E-state index contributed by atoms with van der Waals surface area (Å²) in [5.41, 5.74) is 3.79. The van der Waals surface area contributed by atoms with Gasteiger partial charge >= 0.3 is 12.1 Å². The van der Waals surface area contributed by atoms with Gasteiger partial charge in [-0.2, -0.15) is 0 Å². The zero-order chi connectivity index (χ0) is 19.6. The first-order chi connectivity index (χ1) is 13.0. The van der Waals surface area contributed by atoms with E-state index >= 15 is 0 Å². The molecule has 0 aliphatic carbocycles. The summed E-state index contributed by atoms with van der Waals surface area (Å²) in [5.74, 6) is -1.62. The number of carboxylic acids is 1. The van der Waals surface area contributed by atoms with Gasteiger partial charge < -0.3 is 15.2 Å². The largest absolute Gasteiger partial charge is 0.480 e. The Morgan fingerprint density at radius 3 is 2.74 bits per heavy atom. The minimum absolute atomic E-state index is 0.0709. The van der Waals surface area contributed by atoms with Gasteiger partial charge in [0.15, 0.2) is 0 Å². The zero-order valence-corrected chi connectivity index (χ0v) is 15.1. The van der Waals surface area contributed by atoms with E-state index < -0.39 is 30.6 Å². The summed E-state index contributed by atoms with van der Waals surface area (Å²) in [7, 11) is 0. The smallest absolute Gasteiger partial charge is 0.408 e. The molecular weight excluding hydrogens is 350 g/mol. The third-order valence-corrected chi connectivity index (χ3v) is 4.22. The van der Waals surface area contributed by atoms with Crippen LogP contribution in [0.4, 0.5) is 4.79 Å². The predicted octanol–water partition coefficient (Wildman–Crippen LogP) is 1.83. The van der Waals surface area contributed by atoms with Crippen LogP contribution in [-0.4, -0.2) is 46.7 Å². The van der Waals surface area contributed by atoms with Gasteiger partial charge in [0, 0.05) is 6.04 Å². The Balaban J connectivity index is 1.96. The number of hydrogen-bond acceptors (Lipinski definition) is 5. The van der Waals surface area contributed by atoms with Gasteiger partial charge in [-0.3, -0.25) is 14.6 Å². The lowest BCUT2D eigenvalue weighted by Gasteiger charge is -2.25. The summed E-state index contributed by atoms with van der Waals surface area (Å²) in [4.78, 5) is 35.8. The molecule has 1 aliphatic rings. The van der Waals surface area contributed by atoms with Crippen molar-refractivity contribution in [3.8, 4) is 0 Å². The highest BCUT2D eigenvalue weighted by molar-refractivity contribution is 5.88. The van der Waals surface area contributed by atoms with Gasteiger partial charge in [-0.15, -0.1) is 6.58 Å². The molecule has 1 fully saturated rings. The lowest BCUT2D eigenvalue weighted by atomic mass is 10.0. The number of benzene rings is 1. The number of nitrogens with zero attached hydrogens (tertiary/aromatic N) is 1. The van der Waals surface area contributed by atoms with Crippen molar-refractivity contribution in [2.45, 2.75) is 44.4 Å². The number of allylic oxidation sites excluding steroid dienone is 1. The van der Waals surface area contributed by atoms with Crippen LogP contribution in [0.25, 0.3) is 0 Å². The standard InChI is InChI=1S/C19H25N3O5/c1-2-3-9-15-10-11-16(18(25)22(21-15)12-17(23)24)20-19(26)27-13-14-7-5-4-6-8-14/h2,4-8,15-16,21H,1,3,9-13H2,(H,20,26)(H,23,24)/t15-,16-/m0/s1. The molecule has 3 N–H and O–H groups in total. The number of carboxylic acid groups (broad SMARTS) is 1. The van der Waals surface area contributed by atoms with E-state index in [0.29, 0.717) is 12.8 Å². The molecule has 1 saturated heterocycles. The Labute approximate surface area is 158 Å². The maximum absolute atomic E-state index is 12.6. The summed E-state index contributed by atoms with van der Waals surface area (Å²) in [6.45, 7) is 3.28. The monoisotopic (exact) mass is 375 g/mol. The van der Waals surface area contributed by atoms with E-state index in [9.17, 15) is 14.4 Å². The fourth-order valence-electron chi connectivity index (χ4n) is 2.86. The minimum Gasteiger partial charge on any atom is -0.480 e. The fraction of sp³-hybridized carbons (Fsp3) is 0.421. The van der Waals surface area contributed by atoms with Crippen molar-refractivity contribution in [2.24, 2.45) is 0 Å². The third-order valence-electron chi connectivity index (χ3n) is 4.22. The molecule has 8 heteroatoms. The Kier molecular flexibility index (Phi) is 7.81. The first kappa shape index (κ1) is 20.4. The molecule has 0 saturated carbocycles. The van der Waals surface area contributed by atoms with Crippen molar-refractivity contribution < 1.29 is 24.2 Å². The van der Waals surface area contributed by atoms with Crippen molar-refractivity contribution in [2.75, 3.05) is 6.54 Å². The molecule has 1 aromatic rings. The van der Waals surface area contributed by atoms with Crippen LogP contribution in [0.3, 0.4) is 0 Å². The van der Waals surface area contributed by atoms with Gasteiger partial charge in [0.2, 0.25) is 0 Å². The summed E-state index contributed by atoms with van der Waals surface area (Å²) >= 11 is 0. The Bertz CT molecular complexity index is 665. The van der Waals surface area contributed by atoms with Crippen LogP contribution in [0, 0.1) is 0 Å². The number of hydrazine groups is 1. The van der Waals surface area contributed by atoms with Crippen LogP contribution in [0.5, 0.6) is 0 Å². The molecule has 2 rings (SSSR count). The Morgan fingerprint density at radius 2 is 2.07 bits per heavy atom. The van der Waals surface area contributed by atoms with Crippen molar-refractivity contribution >= 4 is 18.0 Å². The van der Waals surface area contributed by atoms with Crippen LogP contribution in [-0.2, 0) is 20.9 Å². The highest BCUT2D eigenvalue weighted by Gasteiger charge is 2.33. The molecule has 2 amide bonds. The average Bonchev–Trinajstić information content (AvgIpc) is 2.79. The molecule has 1 heterocycles. The summed E-state index contributed by atoms with van der Waals surface area (Å²) in [6, 6.07) is 8.28. The number of amides is 2. The van der Waals surface area contributed by atoms with Crippen LogP contribution in [0.1, 0.15) is 31.2 Å². The molecule has 1 aliphatic heterocycles. The number of rotatable bonds is 8. The maximum Gasteiger partial charge on any atom is 0.408 e. The van der Waals surface area contributed by atoms with Crippen molar-refractivity contribution in [1.82, 2.24) is 15.8 Å². The molecule has 8 nitrogen and oxygen atoms in total. The summed E-state index contributed by atoms with van der Waals surface area (Å²) < 4.78 is 5.16. The Hall–Kier alpha value is -2.87. The number of alkyl carbamates (subject to hydrolysis) is 1. The van der Waals surface area contributed by atoms with Crippen LogP contribution in [0.15, 0.2) is 43.0 Å². The van der Waals surface area contributed by atoms with Gasteiger partial charge in [-0.05, 0) is 31.2 Å². The van der Waals surface area contributed by atoms with Gasteiger partial charge in [0.25, 0.3) is 5.91 Å². The van der Waals surface area contributed by atoms with E-state index in [1.54, 1.807) is 6.08 Å². The molecule has 0 aromatic heterocycles. The van der Waals surface area contributed by atoms with E-state index in [2.05, 4.69) is 17.3 Å². The van der Waals surface area contributed by atoms with E-state index in [4.69, 9.17) is 9.84 Å². The first-order valence-corrected chi connectivity index (χ1v) is 8.87. The highest BCUT2D eigenvalue weighted by atomic mass is 16.5. The second kappa shape index (κ2) is 10.3. The first-order valence-electron chi connectivity index (χ1n) is 8.87. The molecule has 0 unspecified atom stereocenters. The quantitative estimate of drug-likeness (QED) is 0.598. The summed E-state index contributed by atoms with van der Waals surface area (Å²) in [6.07, 6.45) is 3.52. The number of nitrogens with one attached hydrogen (secondary N) is 2. The van der Waals surface area contributed by atoms with Crippen molar-refractivity contribution in [3.63, 3.8) is 0 Å². The Morgan fingerprint density at radius 1 is 1.33 bits per heavy atom. The normalized spacial score (nSPS) is 19.9. The van der Waals surface area contributed by atoms with E-state index in [1.807, 2.05) is 30.3 Å². The van der Waals surface area contributed by atoms with Gasteiger partial charge in [0.1, 0.15) is 19.2 Å². The van der Waals surface area contributed by atoms with Crippen molar-refractivity contribution in [1.29, 1.82) is 0 Å². The van der Waals surface area contributed by atoms with Crippen LogP contribution >= 0.6 is 0 Å². The topological polar surface area (TPSA) is 108 Å². The predicted molar refractivity (Wildman–Crippen MR) is 98.5 cm³/mol. The molecule has 0 spiro atoms. The number of ether oxygens (including phenoxy) is 1. The van der Waals surface area contributed by atoms with Gasteiger partial charge in [-0.1, -0.05) is 36.4 Å². The lowest BCUT2D eigenvalue weighted by Crippen LogP contribution is -2.54. The SMILES string of the molecule is C=CCC[C@H]1CC[C@H](NC(=O)OCc2ccccc2)C(=O)N(CC(=O)O)N1. The average molecular weight is 375 g/mol. The number of carbonyl (C=O) groups excluding carboxylic acids is 2. The molecule has 0 bridgehead atoms. The van der Waals surface area contributed by atoms with Crippen LogP contribution < -0.4 is 10.7 Å². The second-order valence-electron chi connectivity index (χ2n) is 6.35. The molecule has 146 valence electrons. The second-order valence-corrected chi connectivity index (χ2v) is 6.35. The maximum atomic E-state index is 12.6. The zero-order valence-electron chi connectivity index (χ0n) is 15.1. The highest BCUT2D eigenvalue weighted by Crippen LogP contribution is 2.15. The fourth-order valence-corrected chi connectivity index (χ4v) is 2.86. The number of hydrogen-bond donors (Lipinski definition) is 3. The minimum atomic E-state index is -1.13. The molecular formula is C19H25N3O5. The summed E-state index contributed by atoms with van der Waals surface area (Å²) in [5, 5.41) is 12.7. The van der Waals surface area contributed by atoms with E-state index in [-0.39, 0.29) is 12.6 Å². The van der Waals surface area contributed by atoms with E-state index in [1.165, 1.54) is 0 Å². The third kappa shape index (κ3) is 6.74.